The maximum atomic E-state index is 4.66. The summed E-state index contributed by atoms with van der Waals surface area (Å²) in [5, 5.41) is 6.28. The van der Waals surface area contributed by atoms with Crippen LogP contribution in [0.25, 0.3) is 27.4 Å². The van der Waals surface area contributed by atoms with Gasteiger partial charge in [0.05, 0.1) is 11.0 Å². The molecule has 29 heavy (non-hydrogen) atoms. The summed E-state index contributed by atoms with van der Waals surface area (Å²) in [6, 6.07) is 18.4. The van der Waals surface area contributed by atoms with Crippen LogP contribution in [0.3, 0.4) is 0 Å². The minimum absolute atomic E-state index is 0.611. The molecule has 2 aromatic carbocycles. The van der Waals surface area contributed by atoms with Crippen molar-refractivity contribution in [3.63, 3.8) is 0 Å². The Morgan fingerprint density at radius 3 is 2.72 bits per heavy atom. The Bertz CT molecular complexity index is 1230. The molecule has 0 bridgehead atoms. The third kappa shape index (κ3) is 3.72. The lowest BCUT2D eigenvalue weighted by molar-refractivity contribution is 0.953. The van der Waals surface area contributed by atoms with Crippen LogP contribution in [-0.4, -0.2) is 31.0 Å². The molecule has 0 aliphatic rings. The van der Waals surface area contributed by atoms with Crippen LogP contribution in [0, 0.1) is 0 Å². The minimum Gasteiger partial charge on any atom is -0.354 e. The lowest BCUT2D eigenvalue weighted by Crippen LogP contribution is -2.09. The Kier molecular flexibility index (Phi) is 4.72. The molecular formula is C22H18N6S. The molecule has 0 aliphatic heterocycles. The molecule has 0 spiro atoms. The van der Waals surface area contributed by atoms with Gasteiger partial charge in [-0.3, -0.25) is 4.57 Å². The predicted molar refractivity (Wildman–Crippen MR) is 116 cm³/mol. The molecule has 0 amide bonds. The van der Waals surface area contributed by atoms with Crippen molar-refractivity contribution in [3.8, 4) is 16.4 Å². The molecule has 3 aromatic heterocycles. The van der Waals surface area contributed by atoms with E-state index in [9.17, 15) is 0 Å². The van der Waals surface area contributed by atoms with Gasteiger partial charge in [-0.2, -0.15) is 4.98 Å². The maximum Gasteiger partial charge on any atom is 0.224 e. The van der Waals surface area contributed by atoms with Crippen molar-refractivity contribution in [2.45, 2.75) is 6.42 Å². The second kappa shape index (κ2) is 7.81. The molecule has 0 saturated heterocycles. The number of benzene rings is 2. The molecule has 0 atom stereocenters. The number of hydrogen-bond donors (Lipinski definition) is 1. The van der Waals surface area contributed by atoms with Crippen LogP contribution < -0.4 is 5.32 Å². The molecule has 0 radical (unpaired) electrons. The van der Waals surface area contributed by atoms with Crippen LogP contribution >= 0.6 is 11.3 Å². The first-order valence-electron chi connectivity index (χ1n) is 9.35. The molecule has 7 heteroatoms. The molecule has 5 aromatic rings. The largest absolute Gasteiger partial charge is 0.354 e. The minimum atomic E-state index is 0.611. The van der Waals surface area contributed by atoms with Gasteiger partial charge in [-0.25, -0.2) is 15.0 Å². The fourth-order valence-corrected chi connectivity index (χ4v) is 3.86. The highest BCUT2D eigenvalue weighted by atomic mass is 32.1. The van der Waals surface area contributed by atoms with E-state index in [4.69, 9.17) is 0 Å². The van der Waals surface area contributed by atoms with Crippen molar-refractivity contribution in [2.24, 2.45) is 0 Å². The van der Waals surface area contributed by atoms with E-state index in [0.717, 1.165) is 40.4 Å². The van der Waals surface area contributed by atoms with Crippen molar-refractivity contribution < 1.29 is 0 Å². The van der Waals surface area contributed by atoms with Gasteiger partial charge in [-0.1, -0.05) is 30.3 Å². The molecular weight excluding hydrogens is 380 g/mol. The highest BCUT2D eigenvalue weighted by Gasteiger charge is 2.09. The average molecular weight is 398 g/mol. The normalized spacial score (nSPS) is 11.0. The molecule has 0 unspecified atom stereocenters. The highest BCUT2D eigenvalue weighted by Crippen LogP contribution is 2.26. The zero-order valence-electron chi connectivity index (χ0n) is 15.6. The monoisotopic (exact) mass is 398 g/mol. The number of nitrogens with zero attached hydrogens (tertiary/aromatic N) is 5. The summed E-state index contributed by atoms with van der Waals surface area (Å²) in [5.41, 5.74) is 4.27. The van der Waals surface area contributed by atoms with Gasteiger partial charge in [0, 0.05) is 29.9 Å². The molecule has 3 heterocycles. The van der Waals surface area contributed by atoms with E-state index in [1.54, 1.807) is 23.9 Å². The lowest BCUT2D eigenvalue weighted by Gasteiger charge is -2.08. The number of imidazole rings is 1. The Labute approximate surface area is 172 Å². The Morgan fingerprint density at radius 2 is 1.86 bits per heavy atom. The zero-order valence-corrected chi connectivity index (χ0v) is 16.4. The van der Waals surface area contributed by atoms with Gasteiger partial charge >= 0.3 is 0 Å². The molecule has 5 rings (SSSR count). The van der Waals surface area contributed by atoms with Crippen LogP contribution in [0.5, 0.6) is 0 Å². The lowest BCUT2D eigenvalue weighted by atomic mass is 10.1. The van der Waals surface area contributed by atoms with E-state index in [2.05, 4.69) is 67.7 Å². The first-order chi connectivity index (χ1) is 14.4. The summed E-state index contributed by atoms with van der Waals surface area (Å²) in [6.45, 7) is 0.773. The molecule has 1 N–H and O–H groups in total. The van der Waals surface area contributed by atoms with E-state index in [1.807, 2.05) is 28.3 Å². The van der Waals surface area contributed by atoms with E-state index < -0.39 is 0 Å². The number of fused-ring (bicyclic) bond motifs is 1. The number of anilines is 1. The van der Waals surface area contributed by atoms with Crippen LogP contribution in [0.4, 0.5) is 5.95 Å². The first-order valence-corrected chi connectivity index (χ1v) is 10.2. The molecule has 0 saturated carbocycles. The van der Waals surface area contributed by atoms with E-state index in [0.29, 0.717) is 5.95 Å². The Hall–Kier alpha value is -3.58. The summed E-state index contributed by atoms with van der Waals surface area (Å²) in [7, 11) is 0. The molecule has 0 fully saturated rings. The second-order valence-electron chi connectivity index (χ2n) is 6.56. The molecule has 0 aliphatic carbocycles. The van der Waals surface area contributed by atoms with Gasteiger partial charge < -0.3 is 5.32 Å². The summed E-state index contributed by atoms with van der Waals surface area (Å²) in [5.74, 6) is 1.39. The molecule has 142 valence electrons. The summed E-state index contributed by atoms with van der Waals surface area (Å²) in [6.07, 6.45) is 6.30. The van der Waals surface area contributed by atoms with Gasteiger partial charge in [0.25, 0.3) is 0 Å². The summed E-state index contributed by atoms with van der Waals surface area (Å²) >= 11 is 1.62. The number of nitrogens with one attached hydrogen (secondary N) is 1. The smallest absolute Gasteiger partial charge is 0.224 e. The van der Waals surface area contributed by atoms with E-state index in [-0.39, 0.29) is 0 Å². The topological polar surface area (TPSA) is 68.5 Å². The van der Waals surface area contributed by atoms with Gasteiger partial charge in [-0.05, 0) is 36.2 Å². The SMILES string of the molecule is c1ccc(CCNc2nccc(-n3cnc4cc(-c5nccs5)ccc43)n2)cc1. The van der Waals surface area contributed by atoms with Crippen molar-refractivity contribution >= 4 is 28.3 Å². The first kappa shape index (κ1) is 17.5. The van der Waals surface area contributed by atoms with Crippen molar-refractivity contribution in [2.75, 3.05) is 11.9 Å². The fourth-order valence-electron chi connectivity index (χ4n) is 3.23. The van der Waals surface area contributed by atoms with Gasteiger partial charge in [-0.15, -0.1) is 11.3 Å². The van der Waals surface area contributed by atoms with Crippen LogP contribution in [-0.2, 0) is 6.42 Å². The number of hydrogen-bond acceptors (Lipinski definition) is 6. The zero-order chi connectivity index (χ0) is 19.5. The summed E-state index contributed by atoms with van der Waals surface area (Å²) in [4.78, 5) is 17.9. The van der Waals surface area contributed by atoms with Crippen LogP contribution in [0.2, 0.25) is 0 Å². The third-order valence-electron chi connectivity index (χ3n) is 4.65. The Morgan fingerprint density at radius 1 is 0.931 bits per heavy atom. The molecule has 6 nitrogen and oxygen atoms in total. The van der Waals surface area contributed by atoms with Crippen molar-refractivity contribution in [3.05, 3.63) is 84.3 Å². The van der Waals surface area contributed by atoms with Gasteiger partial charge in [0.15, 0.2) is 0 Å². The fraction of sp³-hybridized carbons (Fsp3) is 0.0909. The highest BCUT2D eigenvalue weighted by molar-refractivity contribution is 7.13. The second-order valence-corrected chi connectivity index (χ2v) is 7.45. The maximum absolute atomic E-state index is 4.66. The van der Waals surface area contributed by atoms with E-state index in [1.165, 1.54) is 5.56 Å². The van der Waals surface area contributed by atoms with Crippen molar-refractivity contribution in [1.82, 2.24) is 24.5 Å². The van der Waals surface area contributed by atoms with Crippen molar-refractivity contribution in [1.29, 1.82) is 0 Å². The van der Waals surface area contributed by atoms with Gasteiger partial charge in [0.2, 0.25) is 5.95 Å². The number of thiazole rings is 1. The average Bonchev–Trinajstić information content (AvgIpc) is 3.44. The van der Waals surface area contributed by atoms with Crippen LogP contribution in [0.15, 0.2) is 78.7 Å². The van der Waals surface area contributed by atoms with E-state index >= 15 is 0 Å². The quantitative estimate of drug-likeness (QED) is 0.453. The number of rotatable bonds is 6. The summed E-state index contributed by atoms with van der Waals surface area (Å²) < 4.78 is 1.98. The van der Waals surface area contributed by atoms with Crippen LogP contribution in [0.1, 0.15) is 5.56 Å². The Balaban J connectivity index is 1.36. The van der Waals surface area contributed by atoms with Gasteiger partial charge in [0.1, 0.15) is 17.2 Å². The predicted octanol–water partition coefficient (Wildman–Crippen LogP) is 4.59. The standard InChI is InChI=1S/C22H18N6S/c1-2-4-16(5-3-1)8-10-24-22-25-11-9-20(27-22)28-15-26-18-14-17(6-7-19(18)28)21-23-12-13-29-21/h1-7,9,11-15H,8,10H2,(H,24,25,27). The third-order valence-corrected chi connectivity index (χ3v) is 5.48. The number of aromatic nitrogens is 5.